The van der Waals surface area contributed by atoms with Crippen LogP contribution in [0.15, 0.2) is 36.5 Å². The van der Waals surface area contributed by atoms with Crippen molar-refractivity contribution < 1.29 is 19.0 Å². The van der Waals surface area contributed by atoms with Crippen LogP contribution in [-0.4, -0.2) is 19.7 Å². The van der Waals surface area contributed by atoms with Gasteiger partial charge in [0.1, 0.15) is 5.75 Å². The second-order valence-corrected chi connectivity index (χ2v) is 3.73. The summed E-state index contributed by atoms with van der Waals surface area (Å²) < 4.78 is 10.7. The Kier molecular flexibility index (Phi) is 3.62. The number of aromatic nitrogens is 1. The molecule has 94 valence electrons. The predicted octanol–water partition coefficient (Wildman–Crippen LogP) is 1.42. The van der Waals surface area contributed by atoms with E-state index >= 15 is 0 Å². The largest absolute Gasteiger partial charge is 0.618 e. The first-order chi connectivity index (χ1) is 8.70. The molecule has 2 aromatic rings. The number of ether oxygens (including phenoxy) is 2. The van der Waals surface area contributed by atoms with E-state index in [9.17, 15) is 10.0 Å². The third-order valence-corrected chi connectivity index (χ3v) is 2.54. The summed E-state index contributed by atoms with van der Waals surface area (Å²) in [6.07, 6.45) is 1.64. The van der Waals surface area contributed by atoms with Gasteiger partial charge in [-0.25, -0.2) is 0 Å². The van der Waals surface area contributed by atoms with E-state index in [1.807, 2.05) is 6.07 Å². The third kappa shape index (κ3) is 2.68. The molecule has 0 amide bonds. The normalized spacial score (nSPS) is 10.3. The van der Waals surface area contributed by atoms with E-state index in [0.717, 1.165) is 10.1 Å². The van der Waals surface area contributed by atoms with E-state index in [-0.39, 0.29) is 19.0 Å². The van der Waals surface area contributed by atoms with Gasteiger partial charge < -0.3 is 14.7 Å². The lowest BCUT2D eigenvalue weighted by atomic mass is 10.2. The van der Waals surface area contributed by atoms with Crippen LogP contribution < -0.4 is 9.47 Å². The topological polar surface area (TPSA) is 62.5 Å². The van der Waals surface area contributed by atoms with Crippen molar-refractivity contribution >= 4 is 16.9 Å². The SMILES string of the molecule is COC(=O)CCOc1ccc2c(ccc[n+]2[O-])c1. The average molecular weight is 247 g/mol. The van der Waals surface area contributed by atoms with Crippen molar-refractivity contribution in [3.63, 3.8) is 0 Å². The van der Waals surface area contributed by atoms with Crippen LogP contribution in [0.2, 0.25) is 0 Å². The number of nitrogens with zero attached hydrogens (tertiary/aromatic N) is 1. The molecule has 0 aliphatic carbocycles. The fourth-order valence-electron chi connectivity index (χ4n) is 1.62. The number of hydrogen-bond acceptors (Lipinski definition) is 4. The van der Waals surface area contributed by atoms with Crippen molar-refractivity contribution in [3.05, 3.63) is 41.7 Å². The lowest BCUT2D eigenvalue weighted by Gasteiger charge is -2.06. The smallest absolute Gasteiger partial charge is 0.308 e. The summed E-state index contributed by atoms with van der Waals surface area (Å²) in [6.45, 7) is 0.252. The molecule has 1 aromatic heterocycles. The molecule has 0 aliphatic heterocycles. The maximum atomic E-state index is 11.4. The third-order valence-electron chi connectivity index (χ3n) is 2.54. The van der Waals surface area contributed by atoms with Crippen molar-refractivity contribution in [1.29, 1.82) is 0 Å². The van der Waals surface area contributed by atoms with Gasteiger partial charge in [0.05, 0.1) is 25.5 Å². The molecule has 5 heteroatoms. The van der Waals surface area contributed by atoms with Gasteiger partial charge in [0.25, 0.3) is 0 Å². The van der Waals surface area contributed by atoms with E-state index in [2.05, 4.69) is 4.74 Å². The van der Waals surface area contributed by atoms with Crippen molar-refractivity contribution in [2.45, 2.75) is 6.42 Å². The van der Waals surface area contributed by atoms with Crippen LogP contribution in [-0.2, 0) is 9.53 Å². The molecule has 0 saturated carbocycles. The van der Waals surface area contributed by atoms with Crippen molar-refractivity contribution in [3.8, 4) is 5.75 Å². The minimum Gasteiger partial charge on any atom is -0.618 e. The highest BCUT2D eigenvalue weighted by molar-refractivity contribution is 5.77. The van der Waals surface area contributed by atoms with Gasteiger partial charge in [-0.15, -0.1) is 0 Å². The van der Waals surface area contributed by atoms with Gasteiger partial charge in [0.2, 0.25) is 5.52 Å². The molecule has 18 heavy (non-hydrogen) atoms. The van der Waals surface area contributed by atoms with Gasteiger partial charge in [-0.1, -0.05) is 0 Å². The highest BCUT2D eigenvalue weighted by Crippen LogP contribution is 2.18. The first-order valence-corrected chi connectivity index (χ1v) is 5.52. The Morgan fingerprint density at radius 2 is 2.22 bits per heavy atom. The van der Waals surface area contributed by atoms with Crippen LogP contribution in [0.1, 0.15) is 6.42 Å². The lowest BCUT2D eigenvalue weighted by molar-refractivity contribution is -0.577. The van der Waals surface area contributed by atoms with Gasteiger partial charge >= 0.3 is 5.97 Å². The number of rotatable bonds is 4. The van der Waals surface area contributed by atoms with E-state index in [1.165, 1.54) is 13.3 Å². The second kappa shape index (κ2) is 5.35. The molecule has 0 bridgehead atoms. The van der Waals surface area contributed by atoms with Gasteiger partial charge in [-0.05, 0) is 18.2 Å². The van der Waals surface area contributed by atoms with Crippen LogP contribution in [0.4, 0.5) is 0 Å². The number of carbonyl (C=O) groups excluding carboxylic acids is 1. The minimum atomic E-state index is -0.312. The first kappa shape index (κ1) is 12.2. The van der Waals surface area contributed by atoms with Crippen molar-refractivity contribution in [1.82, 2.24) is 0 Å². The zero-order valence-corrected chi connectivity index (χ0v) is 9.96. The number of hydrogen-bond donors (Lipinski definition) is 0. The summed E-state index contributed by atoms with van der Waals surface area (Å²) in [6, 6.07) is 8.66. The zero-order chi connectivity index (χ0) is 13.0. The summed E-state index contributed by atoms with van der Waals surface area (Å²) in [7, 11) is 1.34. The summed E-state index contributed by atoms with van der Waals surface area (Å²) >= 11 is 0. The van der Waals surface area contributed by atoms with E-state index in [4.69, 9.17) is 4.74 Å². The molecule has 0 unspecified atom stereocenters. The number of pyridine rings is 1. The standard InChI is InChI=1S/C13H13NO4/c1-17-13(15)6-8-18-11-4-5-12-10(9-11)3-2-7-14(12)16/h2-5,7,9H,6,8H2,1H3. The van der Waals surface area contributed by atoms with Gasteiger partial charge in [-0.3, -0.25) is 4.79 Å². The Morgan fingerprint density at radius 1 is 1.39 bits per heavy atom. The average Bonchev–Trinajstić information content (AvgIpc) is 2.38. The van der Waals surface area contributed by atoms with Crippen LogP contribution in [0.25, 0.3) is 10.9 Å². The second-order valence-electron chi connectivity index (χ2n) is 3.73. The molecular formula is C13H13NO4. The molecule has 0 spiro atoms. The fraction of sp³-hybridized carbons (Fsp3) is 0.231. The Morgan fingerprint density at radius 3 is 3.00 bits per heavy atom. The van der Waals surface area contributed by atoms with Crippen LogP contribution in [0.5, 0.6) is 5.75 Å². The Labute approximate surface area is 104 Å². The number of fused-ring (bicyclic) bond motifs is 1. The molecule has 1 aromatic carbocycles. The zero-order valence-electron chi connectivity index (χ0n) is 9.96. The van der Waals surface area contributed by atoms with Crippen LogP contribution >= 0.6 is 0 Å². The monoisotopic (exact) mass is 247 g/mol. The molecule has 0 atom stereocenters. The molecule has 0 fully saturated rings. The van der Waals surface area contributed by atoms with E-state index in [1.54, 1.807) is 24.3 Å². The maximum Gasteiger partial charge on any atom is 0.308 e. The summed E-state index contributed by atoms with van der Waals surface area (Å²) in [4.78, 5) is 10.9. The van der Waals surface area contributed by atoms with Crippen molar-refractivity contribution in [2.75, 3.05) is 13.7 Å². The predicted molar refractivity (Wildman–Crippen MR) is 65.0 cm³/mol. The molecule has 0 aliphatic rings. The number of carbonyl (C=O) groups is 1. The Hall–Kier alpha value is -2.30. The van der Waals surface area contributed by atoms with Gasteiger partial charge in [-0.2, -0.15) is 4.73 Å². The first-order valence-electron chi connectivity index (χ1n) is 5.52. The highest BCUT2D eigenvalue weighted by atomic mass is 16.5. The van der Waals surface area contributed by atoms with E-state index in [0.29, 0.717) is 11.3 Å². The summed E-state index contributed by atoms with van der Waals surface area (Å²) in [5.74, 6) is 0.311. The maximum absolute atomic E-state index is 11.4. The lowest BCUT2D eigenvalue weighted by Crippen LogP contribution is -2.25. The van der Waals surface area contributed by atoms with Gasteiger partial charge in [0.15, 0.2) is 6.20 Å². The van der Waals surface area contributed by atoms with Gasteiger partial charge in [0, 0.05) is 12.1 Å². The summed E-state index contributed by atoms with van der Waals surface area (Å²) in [5.41, 5.74) is 0.581. The summed E-state index contributed by atoms with van der Waals surface area (Å²) in [5, 5.41) is 12.2. The van der Waals surface area contributed by atoms with Crippen LogP contribution in [0, 0.1) is 5.21 Å². The fourth-order valence-corrected chi connectivity index (χ4v) is 1.62. The molecule has 0 N–H and O–H groups in total. The number of methoxy groups -OCH3 is 1. The van der Waals surface area contributed by atoms with E-state index < -0.39 is 0 Å². The number of benzene rings is 1. The van der Waals surface area contributed by atoms with Crippen LogP contribution in [0.3, 0.4) is 0 Å². The molecule has 0 saturated heterocycles. The Balaban J connectivity index is 2.08. The quantitative estimate of drug-likeness (QED) is 0.465. The Bertz CT molecular complexity index is 568. The molecular weight excluding hydrogens is 234 g/mol. The molecule has 1 heterocycles. The van der Waals surface area contributed by atoms with Crippen molar-refractivity contribution in [2.24, 2.45) is 0 Å². The molecule has 0 radical (unpaired) electrons. The number of esters is 1. The minimum absolute atomic E-state index is 0.199. The highest BCUT2D eigenvalue weighted by Gasteiger charge is 2.05. The molecule has 2 rings (SSSR count). The molecule has 5 nitrogen and oxygen atoms in total.